The first kappa shape index (κ1) is 21.7. The quantitative estimate of drug-likeness (QED) is 0.603. The third kappa shape index (κ3) is 5.34. The van der Waals surface area contributed by atoms with E-state index in [1.54, 1.807) is 54.9 Å². The largest absolute Gasteiger partial charge is 0.463 e. The molecule has 1 aromatic carbocycles. The maximum atomic E-state index is 12.5. The molecule has 0 unspecified atom stereocenters. The van der Waals surface area contributed by atoms with Crippen LogP contribution in [0.1, 0.15) is 31.9 Å². The number of sulfonamides is 1. The Kier molecular flexibility index (Phi) is 6.38. The third-order valence-electron chi connectivity index (χ3n) is 4.58. The lowest BCUT2D eigenvalue weighted by atomic mass is 9.87. The molecule has 2 heterocycles. The van der Waals surface area contributed by atoms with Gasteiger partial charge in [0.25, 0.3) is 0 Å². The van der Waals surface area contributed by atoms with E-state index in [0.29, 0.717) is 11.5 Å². The monoisotopic (exact) mass is 427 g/mol. The Hall–Kier alpha value is -2.97. The van der Waals surface area contributed by atoms with E-state index in [-0.39, 0.29) is 23.4 Å². The number of amides is 1. The summed E-state index contributed by atoms with van der Waals surface area (Å²) in [5.41, 5.74) is 2.35. The first-order chi connectivity index (χ1) is 14.2. The van der Waals surface area contributed by atoms with Crippen LogP contribution in [-0.2, 0) is 26.8 Å². The molecule has 8 heteroatoms. The lowest BCUT2D eigenvalue weighted by Crippen LogP contribution is -2.36. The highest BCUT2D eigenvalue weighted by Crippen LogP contribution is 2.23. The predicted molar refractivity (Wildman–Crippen MR) is 114 cm³/mol. The smallest absolute Gasteiger partial charge is 0.241 e. The highest BCUT2D eigenvalue weighted by molar-refractivity contribution is 7.89. The summed E-state index contributed by atoms with van der Waals surface area (Å²) in [5, 5.41) is 2.71. The minimum Gasteiger partial charge on any atom is -0.463 e. The van der Waals surface area contributed by atoms with Crippen LogP contribution in [0.2, 0.25) is 0 Å². The van der Waals surface area contributed by atoms with E-state index < -0.39 is 15.9 Å². The maximum Gasteiger partial charge on any atom is 0.241 e. The molecule has 0 fully saturated rings. The lowest BCUT2D eigenvalue weighted by molar-refractivity contribution is -0.120. The Morgan fingerprint density at radius 3 is 2.43 bits per heavy atom. The molecular formula is C22H25N3O4S. The first-order valence-electron chi connectivity index (χ1n) is 9.51. The second-order valence-corrected chi connectivity index (χ2v) is 9.63. The van der Waals surface area contributed by atoms with Gasteiger partial charge in [0.05, 0.1) is 17.7 Å². The van der Waals surface area contributed by atoms with E-state index >= 15 is 0 Å². The highest BCUT2D eigenvalue weighted by atomic mass is 32.2. The number of pyridine rings is 1. The molecule has 0 radical (unpaired) electrons. The van der Waals surface area contributed by atoms with Crippen LogP contribution >= 0.6 is 0 Å². The van der Waals surface area contributed by atoms with Gasteiger partial charge in [-0.25, -0.2) is 13.1 Å². The number of nitrogens with one attached hydrogen (secondary N) is 2. The number of furan rings is 1. The molecule has 0 spiro atoms. The zero-order valence-corrected chi connectivity index (χ0v) is 18.0. The second kappa shape index (κ2) is 8.81. The van der Waals surface area contributed by atoms with Crippen LogP contribution < -0.4 is 10.0 Å². The lowest BCUT2D eigenvalue weighted by Gasteiger charge is -2.19. The average molecular weight is 428 g/mol. The van der Waals surface area contributed by atoms with Crippen molar-refractivity contribution in [3.05, 3.63) is 72.1 Å². The summed E-state index contributed by atoms with van der Waals surface area (Å²) >= 11 is 0. The van der Waals surface area contributed by atoms with Crippen molar-refractivity contribution in [1.29, 1.82) is 0 Å². The van der Waals surface area contributed by atoms with Crippen LogP contribution in [0.3, 0.4) is 0 Å². The summed E-state index contributed by atoms with van der Waals surface area (Å²) in [5.74, 6) is 0.151. The average Bonchev–Trinajstić information content (AvgIpc) is 3.25. The Morgan fingerprint density at radius 2 is 1.80 bits per heavy atom. The fraction of sp³-hybridized carbons (Fsp3) is 0.273. The molecule has 0 bridgehead atoms. The zero-order valence-electron chi connectivity index (χ0n) is 17.2. The van der Waals surface area contributed by atoms with Crippen molar-refractivity contribution in [2.24, 2.45) is 0 Å². The molecule has 0 aliphatic carbocycles. The zero-order chi connectivity index (χ0) is 21.8. The van der Waals surface area contributed by atoms with Crippen molar-refractivity contribution in [2.75, 3.05) is 6.54 Å². The fourth-order valence-corrected chi connectivity index (χ4v) is 3.83. The molecule has 7 nitrogen and oxygen atoms in total. The van der Waals surface area contributed by atoms with E-state index in [2.05, 4.69) is 35.8 Å². The standard InChI is InChI=1S/C22H25N3O4S/c1-22(2,3)17-8-10-18(11-9-17)30(27,28)25-15-20(26)24-14-16-6-4-12-23-21(16)19-7-5-13-29-19/h4-13,25H,14-15H2,1-3H3,(H,24,26). The number of carbonyl (C=O) groups excluding carboxylic acids is 1. The molecule has 2 aromatic heterocycles. The van der Waals surface area contributed by atoms with Crippen molar-refractivity contribution in [1.82, 2.24) is 15.0 Å². The SMILES string of the molecule is CC(C)(C)c1ccc(S(=O)(=O)NCC(=O)NCc2cccnc2-c2ccco2)cc1. The van der Waals surface area contributed by atoms with Gasteiger partial charge < -0.3 is 9.73 Å². The molecule has 0 atom stereocenters. The molecule has 3 aromatic rings. The number of aromatic nitrogens is 1. The molecule has 30 heavy (non-hydrogen) atoms. The minimum absolute atomic E-state index is 0.0730. The highest BCUT2D eigenvalue weighted by Gasteiger charge is 2.18. The Labute approximate surface area is 176 Å². The van der Waals surface area contributed by atoms with E-state index in [9.17, 15) is 13.2 Å². The molecular weight excluding hydrogens is 402 g/mol. The summed E-state index contributed by atoms with van der Waals surface area (Å²) in [4.78, 5) is 16.6. The van der Waals surface area contributed by atoms with Gasteiger partial charge in [-0.2, -0.15) is 0 Å². The van der Waals surface area contributed by atoms with Gasteiger partial charge in [0.15, 0.2) is 5.76 Å². The van der Waals surface area contributed by atoms with Gasteiger partial charge in [-0.15, -0.1) is 0 Å². The van der Waals surface area contributed by atoms with Crippen LogP contribution in [0.4, 0.5) is 0 Å². The van der Waals surface area contributed by atoms with Gasteiger partial charge in [0, 0.05) is 18.3 Å². The Bertz CT molecular complexity index is 1100. The van der Waals surface area contributed by atoms with Crippen molar-refractivity contribution in [3.63, 3.8) is 0 Å². The van der Waals surface area contributed by atoms with Crippen molar-refractivity contribution in [2.45, 2.75) is 37.6 Å². The van der Waals surface area contributed by atoms with Crippen LogP contribution in [0.15, 0.2) is 70.3 Å². The third-order valence-corrected chi connectivity index (χ3v) is 5.99. The van der Waals surface area contributed by atoms with Gasteiger partial charge >= 0.3 is 0 Å². The number of hydrogen-bond donors (Lipinski definition) is 2. The fourth-order valence-electron chi connectivity index (χ4n) is 2.85. The summed E-state index contributed by atoms with van der Waals surface area (Å²) in [6, 6.07) is 13.8. The topological polar surface area (TPSA) is 101 Å². The number of hydrogen-bond acceptors (Lipinski definition) is 5. The van der Waals surface area contributed by atoms with Gasteiger partial charge in [0.2, 0.25) is 15.9 Å². The summed E-state index contributed by atoms with van der Waals surface area (Å²) in [6.07, 6.45) is 3.19. The summed E-state index contributed by atoms with van der Waals surface area (Å²) < 4.78 is 32.6. The molecule has 1 amide bonds. The van der Waals surface area contributed by atoms with E-state index in [1.807, 2.05) is 6.07 Å². The molecule has 0 saturated carbocycles. The van der Waals surface area contributed by atoms with Crippen molar-refractivity contribution < 1.29 is 17.6 Å². The van der Waals surface area contributed by atoms with Gasteiger partial charge in [0.1, 0.15) is 5.69 Å². The van der Waals surface area contributed by atoms with Gasteiger partial charge in [-0.1, -0.05) is 39.0 Å². The van der Waals surface area contributed by atoms with E-state index in [1.165, 1.54) is 0 Å². The Balaban J connectivity index is 1.59. The molecule has 158 valence electrons. The normalized spacial score (nSPS) is 12.0. The van der Waals surface area contributed by atoms with E-state index in [4.69, 9.17) is 4.42 Å². The predicted octanol–water partition coefficient (Wildman–Crippen LogP) is 3.23. The maximum absolute atomic E-state index is 12.5. The van der Waals surface area contributed by atoms with E-state index in [0.717, 1.165) is 11.1 Å². The van der Waals surface area contributed by atoms with Crippen molar-refractivity contribution >= 4 is 15.9 Å². The van der Waals surface area contributed by atoms with Crippen LogP contribution in [-0.4, -0.2) is 25.9 Å². The molecule has 3 rings (SSSR count). The van der Waals surface area contributed by atoms with Crippen molar-refractivity contribution in [3.8, 4) is 11.5 Å². The molecule has 2 N–H and O–H groups in total. The summed E-state index contributed by atoms with van der Waals surface area (Å²) in [7, 11) is -3.78. The van der Waals surface area contributed by atoms with Gasteiger partial charge in [-0.05, 0) is 41.3 Å². The number of carbonyl (C=O) groups is 1. The Morgan fingerprint density at radius 1 is 1.07 bits per heavy atom. The number of benzene rings is 1. The van der Waals surface area contributed by atoms with Crippen LogP contribution in [0.5, 0.6) is 0 Å². The van der Waals surface area contributed by atoms with Crippen LogP contribution in [0.25, 0.3) is 11.5 Å². The van der Waals surface area contributed by atoms with Crippen LogP contribution in [0, 0.1) is 0 Å². The second-order valence-electron chi connectivity index (χ2n) is 7.86. The first-order valence-corrected chi connectivity index (χ1v) is 11.0. The molecule has 0 aliphatic heterocycles. The minimum atomic E-state index is -3.78. The molecule has 0 saturated heterocycles. The number of rotatable bonds is 7. The van der Waals surface area contributed by atoms with Gasteiger partial charge in [-0.3, -0.25) is 9.78 Å². The molecule has 0 aliphatic rings. The summed E-state index contributed by atoms with van der Waals surface area (Å²) in [6.45, 7) is 6.00. The number of nitrogens with zero attached hydrogens (tertiary/aromatic N) is 1.